The maximum atomic E-state index is 11.4. The number of carbonyl (C=O) groups excluding carboxylic acids is 1. The molecule has 1 aromatic heterocycles. The molecule has 1 amide bonds. The summed E-state index contributed by atoms with van der Waals surface area (Å²) in [5.74, 6) is 1.66. The number of halogens is 2. The molecule has 0 saturated carbocycles. The summed E-state index contributed by atoms with van der Waals surface area (Å²) in [6, 6.07) is 18.6. The molecule has 3 aromatic carbocycles. The second kappa shape index (κ2) is 19.6. The standard InChI is InChI=1S/C40H45Cl2N5O6/c1-26-34(7-4-9-37(26)51-13-5-11-47-12-10-32(21-47)46-27(2)50)35-8-3-6-30(40(35)42)25-53-39-16-38(52-24-29-14-28(17-43)18-44-19-29)31(15-36(39)41)20-45-33(22-48)23-49/h3-4,6-9,14-16,18-19,32-33,45,48-49H,5,10-13,20-25H2,1-2H3,(H,46,50). The molecule has 0 spiro atoms. The van der Waals surface area contributed by atoms with Crippen molar-refractivity contribution in [2.24, 2.45) is 0 Å². The Morgan fingerprint density at radius 1 is 1.00 bits per heavy atom. The van der Waals surface area contributed by atoms with Crippen LogP contribution in [0.2, 0.25) is 10.0 Å². The van der Waals surface area contributed by atoms with Crippen LogP contribution >= 0.6 is 23.2 Å². The van der Waals surface area contributed by atoms with Crippen molar-refractivity contribution in [3.05, 3.63) is 105 Å². The van der Waals surface area contributed by atoms with Gasteiger partial charge in [0.2, 0.25) is 5.91 Å². The number of hydrogen-bond acceptors (Lipinski definition) is 10. The molecule has 4 aromatic rings. The lowest BCUT2D eigenvalue weighted by molar-refractivity contribution is -0.119. The molecular formula is C40H45Cl2N5O6. The fourth-order valence-electron chi connectivity index (χ4n) is 6.22. The Morgan fingerprint density at radius 3 is 2.55 bits per heavy atom. The molecule has 4 N–H and O–H groups in total. The molecule has 5 rings (SSSR count). The largest absolute Gasteiger partial charge is 0.493 e. The molecule has 1 saturated heterocycles. The van der Waals surface area contributed by atoms with Crippen LogP contribution in [-0.4, -0.2) is 77.5 Å². The molecule has 0 bridgehead atoms. The number of likely N-dealkylation sites (tertiary alicyclic amines) is 1. The zero-order chi connectivity index (χ0) is 37.7. The van der Waals surface area contributed by atoms with Crippen molar-refractivity contribution in [3.63, 3.8) is 0 Å². The molecule has 11 nitrogen and oxygen atoms in total. The van der Waals surface area contributed by atoms with Crippen LogP contribution in [0.15, 0.2) is 67.0 Å². The minimum Gasteiger partial charge on any atom is -0.493 e. The second-order valence-corrected chi connectivity index (χ2v) is 13.8. The normalized spacial score (nSPS) is 14.3. The number of ether oxygens (including phenoxy) is 3. The van der Waals surface area contributed by atoms with Gasteiger partial charge in [0.25, 0.3) is 0 Å². The number of benzene rings is 3. The van der Waals surface area contributed by atoms with E-state index < -0.39 is 6.04 Å². The number of nitriles is 1. The van der Waals surface area contributed by atoms with Gasteiger partial charge in [-0.15, -0.1) is 0 Å². The van der Waals surface area contributed by atoms with Crippen LogP contribution in [0.1, 0.15) is 47.6 Å². The van der Waals surface area contributed by atoms with Crippen LogP contribution in [-0.2, 0) is 24.6 Å². The number of aliphatic hydroxyl groups is 2. The fraction of sp³-hybridized carbons (Fsp3) is 0.375. The summed E-state index contributed by atoms with van der Waals surface area (Å²) in [4.78, 5) is 17.8. The first-order chi connectivity index (χ1) is 25.7. The number of rotatable bonds is 18. The molecule has 1 fully saturated rings. The third-order valence-corrected chi connectivity index (χ3v) is 9.79. The molecule has 1 aliphatic rings. The van der Waals surface area contributed by atoms with Gasteiger partial charge in [-0.3, -0.25) is 9.78 Å². The van der Waals surface area contributed by atoms with E-state index in [4.69, 9.17) is 37.4 Å². The van der Waals surface area contributed by atoms with Gasteiger partial charge in [0.05, 0.1) is 41.5 Å². The lowest BCUT2D eigenvalue weighted by Crippen LogP contribution is -2.35. The Hall–Kier alpha value is -4.41. The quantitative estimate of drug-likeness (QED) is 0.0915. The summed E-state index contributed by atoms with van der Waals surface area (Å²) in [6.07, 6.45) is 4.94. The summed E-state index contributed by atoms with van der Waals surface area (Å²) in [6.45, 7) is 6.92. The Morgan fingerprint density at radius 2 is 1.77 bits per heavy atom. The number of hydrogen-bond donors (Lipinski definition) is 4. The van der Waals surface area contributed by atoms with Crippen LogP contribution < -0.4 is 24.8 Å². The monoisotopic (exact) mass is 761 g/mol. The van der Waals surface area contributed by atoms with Crippen LogP contribution in [0.3, 0.4) is 0 Å². The number of aliphatic hydroxyl groups excluding tert-OH is 2. The van der Waals surface area contributed by atoms with Crippen molar-refractivity contribution in [2.75, 3.05) is 39.5 Å². The van der Waals surface area contributed by atoms with E-state index in [1.807, 2.05) is 43.3 Å². The first-order valence-electron chi connectivity index (χ1n) is 17.6. The van der Waals surface area contributed by atoms with Crippen LogP contribution in [0.25, 0.3) is 11.1 Å². The Kier molecular flexibility index (Phi) is 14.7. The lowest BCUT2D eigenvalue weighted by atomic mass is 9.98. The van der Waals surface area contributed by atoms with Gasteiger partial charge in [-0.05, 0) is 49.1 Å². The van der Waals surface area contributed by atoms with Crippen molar-refractivity contribution >= 4 is 29.1 Å². The highest BCUT2D eigenvalue weighted by Crippen LogP contribution is 2.38. The van der Waals surface area contributed by atoms with Gasteiger partial charge in [0.1, 0.15) is 36.5 Å². The van der Waals surface area contributed by atoms with Crippen LogP contribution in [0.5, 0.6) is 17.2 Å². The molecule has 13 heteroatoms. The van der Waals surface area contributed by atoms with E-state index in [0.29, 0.717) is 44.8 Å². The summed E-state index contributed by atoms with van der Waals surface area (Å²) < 4.78 is 18.6. The lowest BCUT2D eigenvalue weighted by Gasteiger charge is -2.19. The van der Waals surface area contributed by atoms with Gasteiger partial charge in [-0.2, -0.15) is 5.26 Å². The number of pyridine rings is 1. The molecule has 53 heavy (non-hydrogen) atoms. The number of carbonyl (C=O) groups is 1. The van der Waals surface area contributed by atoms with E-state index >= 15 is 0 Å². The minimum absolute atomic E-state index is 0.0149. The Balaban J connectivity index is 1.26. The predicted octanol–water partition coefficient (Wildman–Crippen LogP) is 5.82. The van der Waals surface area contributed by atoms with E-state index in [2.05, 4.69) is 26.6 Å². The molecule has 1 atom stereocenters. The maximum absolute atomic E-state index is 11.4. The van der Waals surface area contributed by atoms with Crippen molar-refractivity contribution in [1.29, 1.82) is 5.26 Å². The third kappa shape index (κ3) is 11.1. The molecule has 0 radical (unpaired) electrons. The van der Waals surface area contributed by atoms with E-state index in [0.717, 1.165) is 60.5 Å². The summed E-state index contributed by atoms with van der Waals surface area (Å²) >= 11 is 13.7. The minimum atomic E-state index is -0.523. The average molecular weight is 763 g/mol. The molecule has 1 unspecified atom stereocenters. The topological polar surface area (TPSA) is 149 Å². The predicted molar refractivity (Wildman–Crippen MR) is 204 cm³/mol. The van der Waals surface area contributed by atoms with Crippen LogP contribution in [0.4, 0.5) is 0 Å². The Bertz CT molecular complexity index is 1900. The average Bonchev–Trinajstić information content (AvgIpc) is 3.60. The van der Waals surface area contributed by atoms with Gasteiger partial charge >= 0.3 is 0 Å². The summed E-state index contributed by atoms with van der Waals surface area (Å²) in [5, 5.41) is 35.3. The second-order valence-electron chi connectivity index (χ2n) is 13.0. The van der Waals surface area contributed by atoms with Gasteiger partial charge in [-0.1, -0.05) is 53.5 Å². The van der Waals surface area contributed by atoms with Crippen LogP contribution in [0, 0.1) is 18.3 Å². The number of aromatic nitrogens is 1. The van der Waals surface area contributed by atoms with Crippen molar-refractivity contribution in [3.8, 4) is 34.4 Å². The number of nitrogens with one attached hydrogen (secondary N) is 2. The molecule has 0 aliphatic carbocycles. The van der Waals surface area contributed by atoms with Gasteiger partial charge in [0.15, 0.2) is 0 Å². The summed E-state index contributed by atoms with van der Waals surface area (Å²) in [5.41, 5.74) is 5.35. The highest BCUT2D eigenvalue weighted by Gasteiger charge is 2.22. The van der Waals surface area contributed by atoms with E-state index in [1.165, 1.54) is 6.20 Å². The number of amides is 1. The highest BCUT2D eigenvalue weighted by atomic mass is 35.5. The fourth-order valence-corrected chi connectivity index (χ4v) is 6.74. The molecule has 280 valence electrons. The molecule has 2 heterocycles. The van der Waals surface area contributed by atoms with Gasteiger partial charge in [0, 0.05) is 79.9 Å². The van der Waals surface area contributed by atoms with E-state index in [-0.39, 0.29) is 44.9 Å². The first kappa shape index (κ1) is 39.8. The highest BCUT2D eigenvalue weighted by molar-refractivity contribution is 6.34. The zero-order valence-electron chi connectivity index (χ0n) is 29.9. The van der Waals surface area contributed by atoms with E-state index in [9.17, 15) is 20.3 Å². The first-order valence-corrected chi connectivity index (χ1v) is 18.3. The van der Waals surface area contributed by atoms with E-state index in [1.54, 1.807) is 31.3 Å². The van der Waals surface area contributed by atoms with Crippen molar-refractivity contribution < 1.29 is 29.2 Å². The Labute approximate surface area is 320 Å². The zero-order valence-corrected chi connectivity index (χ0v) is 31.4. The summed E-state index contributed by atoms with van der Waals surface area (Å²) in [7, 11) is 0. The maximum Gasteiger partial charge on any atom is 0.217 e. The van der Waals surface area contributed by atoms with Crippen molar-refractivity contribution in [2.45, 2.75) is 58.5 Å². The SMILES string of the molecule is CC(=O)NC1CCN(CCCOc2cccc(-c3cccc(COc4cc(OCc5cncc(C#N)c5)c(CNC(CO)CO)cc4Cl)c3Cl)c2C)C1. The van der Waals surface area contributed by atoms with Crippen molar-refractivity contribution in [1.82, 2.24) is 20.5 Å². The number of nitrogens with zero attached hydrogens (tertiary/aromatic N) is 3. The smallest absolute Gasteiger partial charge is 0.217 e. The third-order valence-electron chi connectivity index (χ3n) is 9.05. The molecular weight excluding hydrogens is 717 g/mol. The van der Waals surface area contributed by atoms with Gasteiger partial charge in [-0.25, -0.2) is 0 Å². The molecule has 1 aliphatic heterocycles. The van der Waals surface area contributed by atoms with Gasteiger partial charge < -0.3 is 40.0 Å².